The predicted molar refractivity (Wildman–Crippen MR) is 126 cm³/mol. The number of carbonyl (C=O) groups is 2. The number of alkyl carbamates (subject to hydrolysis) is 1. The van der Waals surface area contributed by atoms with Crippen LogP contribution in [0.1, 0.15) is 38.8 Å². The molecule has 3 rings (SSSR count). The molecule has 0 aliphatic carbocycles. The Balaban J connectivity index is 1.94. The molecule has 0 aliphatic rings. The molecule has 1 aromatic heterocycles. The molecule has 2 amide bonds. The molecule has 0 bridgehead atoms. The third-order valence-corrected chi connectivity index (χ3v) is 5.78. The first-order valence-corrected chi connectivity index (χ1v) is 11.4. The van der Waals surface area contributed by atoms with E-state index in [0.29, 0.717) is 11.0 Å². The molecule has 0 unspecified atom stereocenters. The number of ether oxygens (including phenoxy) is 1. The monoisotopic (exact) mass is 452 g/mol. The summed E-state index contributed by atoms with van der Waals surface area (Å²) in [5.41, 5.74) is 4.19. The van der Waals surface area contributed by atoms with Gasteiger partial charge in [0.1, 0.15) is 0 Å². The number of hydrogen-bond acceptors (Lipinski definition) is 6. The summed E-state index contributed by atoms with van der Waals surface area (Å²) in [5.74, 6) is 0.239. The van der Waals surface area contributed by atoms with Gasteiger partial charge in [0, 0.05) is 5.56 Å². The van der Waals surface area contributed by atoms with Crippen LogP contribution in [0.15, 0.2) is 53.7 Å². The van der Waals surface area contributed by atoms with Gasteiger partial charge in [-0.1, -0.05) is 75.0 Å². The molecule has 168 valence electrons. The largest absolute Gasteiger partial charge is 0.450 e. The fourth-order valence-electron chi connectivity index (χ4n) is 3.15. The summed E-state index contributed by atoms with van der Waals surface area (Å²) < 4.78 is 6.70. The lowest BCUT2D eigenvalue weighted by Gasteiger charge is -2.19. The molecular weight excluding hydrogens is 424 g/mol. The molecule has 0 spiro atoms. The van der Waals surface area contributed by atoms with Crippen molar-refractivity contribution in [2.45, 2.75) is 45.2 Å². The first-order chi connectivity index (χ1) is 15.2. The minimum Gasteiger partial charge on any atom is -0.450 e. The van der Waals surface area contributed by atoms with Gasteiger partial charge in [-0.15, -0.1) is 10.2 Å². The maximum absolute atomic E-state index is 12.1. The number of aromatic nitrogens is 3. The summed E-state index contributed by atoms with van der Waals surface area (Å²) in [5, 5.41) is 11.5. The predicted octanol–water partition coefficient (Wildman–Crippen LogP) is 4.91. The second kappa shape index (κ2) is 9.99. The molecule has 0 saturated carbocycles. The SMILES string of the molecule is CCOC(=O)NC(=O)CSc1nnc(-c2ccc(C(C)(C)C)cc2)n1-c1ccccc1C. The molecule has 8 heteroatoms. The zero-order chi connectivity index (χ0) is 23.3. The van der Waals surface area contributed by atoms with E-state index in [1.54, 1.807) is 6.92 Å². The van der Waals surface area contributed by atoms with Crippen LogP contribution < -0.4 is 5.32 Å². The van der Waals surface area contributed by atoms with Crippen LogP contribution in [0, 0.1) is 6.92 Å². The standard InChI is InChI=1S/C24H28N4O3S/c1-6-31-23(30)25-20(29)15-32-22-27-26-21(28(22)19-10-8-7-9-16(19)2)17-11-13-18(14-12-17)24(3,4)5/h7-14H,6,15H2,1-5H3,(H,25,29,30). The molecule has 32 heavy (non-hydrogen) atoms. The van der Waals surface area contributed by atoms with E-state index < -0.39 is 12.0 Å². The Morgan fingerprint density at radius 2 is 1.75 bits per heavy atom. The van der Waals surface area contributed by atoms with Crippen molar-refractivity contribution in [2.75, 3.05) is 12.4 Å². The maximum Gasteiger partial charge on any atom is 0.413 e. The number of benzene rings is 2. The van der Waals surface area contributed by atoms with E-state index >= 15 is 0 Å². The lowest BCUT2D eigenvalue weighted by atomic mass is 9.87. The highest BCUT2D eigenvalue weighted by Gasteiger charge is 2.20. The number of amides is 2. The van der Waals surface area contributed by atoms with Gasteiger partial charge >= 0.3 is 6.09 Å². The zero-order valence-electron chi connectivity index (χ0n) is 19.0. The smallest absolute Gasteiger partial charge is 0.413 e. The van der Waals surface area contributed by atoms with E-state index in [0.717, 1.165) is 16.8 Å². The number of hydrogen-bond donors (Lipinski definition) is 1. The van der Waals surface area contributed by atoms with Crippen molar-refractivity contribution < 1.29 is 14.3 Å². The van der Waals surface area contributed by atoms with Gasteiger partial charge in [-0.05, 0) is 36.5 Å². The fourth-order valence-corrected chi connectivity index (χ4v) is 3.89. The van der Waals surface area contributed by atoms with Crippen molar-refractivity contribution in [2.24, 2.45) is 0 Å². The Labute approximate surface area is 192 Å². The first-order valence-electron chi connectivity index (χ1n) is 10.4. The number of imide groups is 1. The van der Waals surface area contributed by atoms with Gasteiger partial charge in [0.15, 0.2) is 11.0 Å². The van der Waals surface area contributed by atoms with Crippen molar-refractivity contribution in [3.05, 3.63) is 59.7 Å². The van der Waals surface area contributed by atoms with Crippen molar-refractivity contribution >= 4 is 23.8 Å². The Kier molecular flexibility index (Phi) is 7.35. The van der Waals surface area contributed by atoms with Crippen molar-refractivity contribution in [3.63, 3.8) is 0 Å². The molecule has 0 radical (unpaired) electrons. The number of aryl methyl sites for hydroxylation is 1. The topological polar surface area (TPSA) is 86.1 Å². The van der Waals surface area contributed by atoms with Crippen molar-refractivity contribution in [1.82, 2.24) is 20.1 Å². The van der Waals surface area contributed by atoms with Crippen LogP contribution in [0.4, 0.5) is 4.79 Å². The molecule has 0 saturated heterocycles. The fraction of sp³-hybridized carbons (Fsp3) is 0.333. The Bertz CT molecular complexity index is 1100. The Morgan fingerprint density at radius 3 is 2.38 bits per heavy atom. The van der Waals surface area contributed by atoms with E-state index in [2.05, 4.69) is 48.4 Å². The van der Waals surface area contributed by atoms with E-state index in [1.807, 2.05) is 47.9 Å². The molecule has 1 N–H and O–H groups in total. The summed E-state index contributed by atoms with van der Waals surface area (Å²) in [6.07, 6.45) is -0.752. The van der Waals surface area contributed by atoms with Gasteiger partial charge in [-0.3, -0.25) is 14.7 Å². The Morgan fingerprint density at radius 1 is 1.06 bits per heavy atom. The van der Waals surface area contributed by atoms with Gasteiger partial charge in [0.05, 0.1) is 18.0 Å². The second-order valence-corrected chi connectivity index (χ2v) is 9.26. The lowest BCUT2D eigenvalue weighted by molar-refractivity contribution is -0.117. The second-order valence-electron chi connectivity index (χ2n) is 8.31. The minimum atomic E-state index is -0.752. The van der Waals surface area contributed by atoms with Crippen molar-refractivity contribution in [1.29, 1.82) is 0 Å². The van der Waals surface area contributed by atoms with Crippen LogP contribution in [0.2, 0.25) is 0 Å². The van der Waals surface area contributed by atoms with E-state index in [9.17, 15) is 9.59 Å². The highest BCUT2D eigenvalue weighted by molar-refractivity contribution is 7.99. The average molecular weight is 453 g/mol. The van der Waals surface area contributed by atoms with Crippen LogP contribution in [-0.2, 0) is 14.9 Å². The van der Waals surface area contributed by atoms with Gasteiger partial charge in [0.25, 0.3) is 0 Å². The van der Waals surface area contributed by atoms with E-state index in [-0.39, 0.29) is 17.8 Å². The molecule has 1 heterocycles. The van der Waals surface area contributed by atoms with Gasteiger partial charge in [-0.2, -0.15) is 0 Å². The van der Waals surface area contributed by atoms with E-state index in [4.69, 9.17) is 4.74 Å². The highest BCUT2D eigenvalue weighted by Crippen LogP contribution is 2.31. The number of rotatable bonds is 6. The van der Waals surface area contributed by atoms with Crippen LogP contribution in [-0.4, -0.2) is 39.1 Å². The number of para-hydroxylation sites is 1. The summed E-state index contributed by atoms with van der Waals surface area (Å²) in [7, 11) is 0. The average Bonchev–Trinajstić information content (AvgIpc) is 3.16. The third kappa shape index (κ3) is 5.56. The van der Waals surface area contributed by atoms with Gasteiger partial charge in [0.2, 0.25) is 5.91 Å². The summed E-state index contributed by atoms with van der Waals surface area (Å²) >= 11 is 1.21. The number of nitrogens with zero attached hydrogens (tertiary/aromatic N) is 3. The van der Waals surface area contributed by atoms with Crippen molar-refractivity contribution in [3.8, 4) is 17.1 Å². The molecule has 0 atom stereocenters. The Hall–Kier alpha value is -3.13. The number of thioether (sulfide) groups is 1. The summed E-state index contributed by atoms with van der Waals surface area (Å²) in [6.45, 7) is 10.4. The summed E-state index contributed by atoms with van der Waals surface area (Å²) in [6, 6.07) is 16.2. The lowest BCUT2D eigenvalue weighted by Crippen LogP contribution is -2.32. The van der Waals surface area contributed by atoms with Gasteiger partial charge in [-0.25, -0.2) is 4.79 Å². The maximum atomic E-state index is 12.1. The first kappa shape index (κ1) is 23.5. The summed E-state index contributed by atoms with van der Waals surface area (Å²) in [4.78, 5) is 23.6. The van der Waals surface area contributed by atoms with Crippen LogP contribution in [0.25, 0.3) is 17.1 Å². The molecule has 7 nitrogen and oxygen atoms in total. The zero-order valence-corrected chi connectivity index (χ0v) is 19.8. The highest BCUT2D eigenvalue weighted by atomic mass is 32.2. The molecular formula is C24H28N4O3S. The van der Waals surface area contributed by atoms with Crippen LogP contribution in [0.3, 0.4) is 0 Å². The molecule has 3 aromatic rings. The van der Waals surface area contributed by atoms with E-state index in [1.165, 1.54) is 17.3 Å². The molecule has 0 fully saturated rings. The number of carbonyl (C=O) groups excluding carboxylic acids is 2. The third-order valence-electron chi connectivity index (χ3n) is 4.85. The van der Waals surface area contributed by atoms with Gasteiger partial charge < -0.3 is 4.74 Å². The molecule has 2 aromatic carbocycles. The minimum absolute atomic E-state index is 0.00574. The quantitative estimate of drug-likeness (QED) is 0.535. The normalized spacial score (nSPS) is 11.3. The van der Waals surface area contributed by atoms with Crippen LogP contribution in [0.5, 0.6) is 0 Å². The van der Waals surface area contributed by atoms with Crippen LogP contribution >= 0.6 is 11.8 Å². The number of nitrogens with one attached hydrogen (secondary N) is 1. The molecule has 0 aliphatic heterocycles.